The van der Waals surface area contributed by atoms with Crippen LogP contribution in [0, 0.1) is 0 Å². The smallest absolute Gasteiger partial charge is 0.323 e. The number of phosphoric acid groups is 4. The van der Waals surface area contributed by atoms with Crippen molar-refractivity contribution in [2.45, 2.75) is 305 Å². The minimum absolute atomic E-state index is 0.107. The summed E-state index contributed by atoms with van der Waals surface area (Å²) in [5.74, 6) is 1.20. The molecule has 0 bridgehead atoms. The standard InChI is InChI=1S/4C22H31N2O4PS/c4*1-2-3-4-5-20-24-19-9-7-16-12-15(6-8-18(16)21(19)30-20)17-10-11-22(23,13-17)14-28-29(25,26)27/h4*6,8,12,17H,2-5,7,9-11,13-14,23H2,1H3,(H2,25,26,27)/t2*17-,22+;17-,22-;/m101./s1. The van der Waals surface area contributed by atoms with Gasteiger partial charge in [-0.15, -0.1) is 45.3 Å². The Bertz CT molecular complexity index is 4440. The Labute approximate surface area is 723 Å². The van der Waals surface area contributed by atoms with Crippen LogP contribution in [0.3, 0.4) is 0 Å². The second-order valence-electron chi connectivity index (χ2n) is 35.3. The van der Waals surface area contributed by atoms with Crippen LogP contribution in [0.15, 0.2) is 72.8 Å². The number of thiazole rings is 4. The largest absolute Gasteiger partial charge is 0.469 e. The number of nitrogens with two attached hydrogens (primary N) is 4. The highest BCUT2D eigenvalue weighted by molar-refractivity contribution is 7.47. The number of unbranched alkanes of at least 4 members (excludes halogenated alkanes) is 8. The van der Waals surface area contributed by atoms with Crippen LogP contribution in [-0.4, -0.2) is 108 Å². The van der Waals surface area contributed by atoms with Gasteiger partial charge in [0.25, 0.3) is 0 Å². The lowest BCUT2D eigenvalue weighted by atomic mass is 9.87. The quantitative estimate of drug-likeness (QED) is 0.0138. The zero-order valence-corrected chi connectivity index (χ0v) is 76.7. The van der Waals surface area contributed by atoms with E-state index in [1.165, 1.54) is 206 Å². The van der Waals surface area contributed by atoms with E-state index in [1.807, 2.05) is 45.3 Å². The summed E-state index contributed by atoms with van der Waals surface area (Å²) in [5.41, 5.74) is 43.7. The van der Waals surface area contributed by atoms with E-state index in [0.29, 0.717) is 75.0 Å². The normalized spacial score (nSPS) is 23.4. The minimum atomic E-state index is -4.49. The molecule has 24 nitrogen and oxygen atoms in total. The molecule has 656 valence electrons. The van der Waals surface area contributed by atoms with Crippen molar-refractivity contribution in [3.05, 3.63) is 160 Å². The van der Waals surface area contributed by atoms with E-state index in [9.17, 15) is 18.3 Å². The molecular formula is C88H124N8O16P4S4. The lowest BCUT2D eigenvalue weighted by Crippen LogP contribution is -2.41. The molecule has 0 radical (unpaired) electrons. The molecule has 2 unspecified atom stereocenters. The van der Waals surface area contributed by atoms with Crippen LogP contribution in [0.5, 0.6) is 0 Å². The molecular weight excluding hydrogens is 1680 g/mol. The molecule has 16 rings (SSSR count). The molecule has 4 fully saturated rings. The summed E-state index contributed by atoms with van der Waals surface area (Å²) in [6, 6.07) is 27.0. The minimum Gasteiger partial charge on any atom is -0.323 e. The van der Waals surface area contributed by atoms with Gasteiger partial charge < -0.3 is 62.1 Å². The van der Waals surface area contributed by atoms with Crippen LogP contribution in [-0.2, 0) is 113 Å². The Morgan fingerprint density at radius 3 is 0.733 bits per heavy atom. The second-order valence-corrected chi connectivity index (χ2v) is 44.6. The number of fused-ring (bicyclic) bond motifs is 12. The Kier molecular flexibility index (Phi) is 31.4. The SMILES string of the molecule is CCCCCc1nc2c(s1)-c1ccc(C3CCC(N)(COP(=O)(O)O)C3)cc1CC2.CCCCCc1nc2c(s1)-c1ccc([C@@H]3CC[C@@](N)(COP(=O)(O)O)C3)cc1CC2.CCCCCc1nc2c(s1)-c1ccc([C@@H]3CC[C@](N)(COP(=O)(O)O)C3)cc1CC2.CCCCCc1nc2c(s1)-c1ccc([C@H]3CC[C@](N)(COP(=O)(O)O)C3)cc1CC2. The van der Waals surface area contributed by atoms with E-state index in [0.717, 1.165) is 103 Å². The van der Waals surface area contributed by atoms with E-state index in [-0.39, 0.29) is 26.4 Å². The average Bonchev–Trinajstić information content (AvgIpc) is 1.63. The molecule has 4 heterocycles. The summed E-state index contributed by atoms with van der Waals surface area (Å²) < 4.78 is 62.9. The van der Waals surface area contributed by atoms with Crippen molar-refractivity contribution in [1.29, 1.82) is 0 Å². The van der Waals surface area contributed by atoms with Crippen LogP contribution in [0.1, 0.15) is 293 Å². The Morgan fingerprint density at radius 1 is 0.333 bits per heavy atom. The van der Waals surface area contributed by atoms with Gasteiger partial charge in [0, 0.05) is 22.2 Å². The number of benzene rings is 4. The average molecular weight is 1800 g/mol. The highest BCUT2D eigenvalue weighted by atomic mass is 32.1. The Balaban J connectivity index is 0.000000138. The Morgan fingerprint density at radius 2 is 0.542 bits per heavy atom. The first-order valence-electron chi connectivity index (χ1n) is 43.5. The molecule has 4 aromatic heterocycles. The molecule has 4 aromatic carbocycles. The van der Waals surface area contributed by atoms with Gasteiger partial charge >= 0.3 is 31.3 Å². The molecule has 8 atom stereocenters. The predicted molar refractivity (Wildman–Crippen MR) is 479 cm³/mol. The van der Waals surface area contributed by atoms with Crippen molar-refractivity contribution in [1.82, 2.24) is 19.9 Å². The molecule has 4 saturated carbocycles. The van der Waals surface area contributed by atoms with Gasteiger partial charge in [0.05, 0.1) is 88.7 Å². The van der Waals surface area contributed by atoms with Crippen molar-refractivity contribution in [3.8, 4) is 41.8 Å². The van der Waals surface area contributed by atoms with Crippen molar-refractivity contribution in [2.75, 3.05) is 26.4 Å². The predicted octanol–water partition coefficient (Wildman–Crippen LogP) is 18.9. The summed E-state index contributed by atoms with van der Waals surface area (Å²) >= 11 is 7.41. The third-order valence-corrected chi connectivity index (χ3v) is 32.1. The van der Waals surface area contributed by atoms with Crippen molar-refractivity contribution in [3.63, 3.8) is 0 Å². The molecule has 8 aromatic rings. The molecule has 32 heteroatoms. The van der Waals surface area contributed by atoms with Gasteiger partial charge in [-0.2, -0.15) is 0 Å². The summed E-state index contributed by atoms with van der Waals surface area (Å²) in [6.07, 6.45) is 36.3. The fourth-order valence-electron chi connectivity index (χ4n) is 19.0. The van der Waals surface area contributed by atoms with Crippen molar-refractivity contribution >= 4 is 76.6 Å². The molecule has 0 saturated heterocycles. The molecule has 8 aliphatic carbocycles. The third kappa shape index (κ3) is 25.1. The maximum absolute atomic E-state index is 11.0. The summed E-state index contributed by atoms with van der Waals surface area (Å²) in [5, 5.41) is 5.05. The number of rotatable bonds is 32. The van der Waals surface area contributed by atoms with Crippen LogP contribution in [0.4, 0.5) is 0 Å². The zero-order chi connectivity index (χ0) is 85.4. The van der Waals surface area contributed by atoms with Gasteiger partial charge in [0.15, 0.2) is 0 Å². The van der Waals surface area contributed by atoms with E-state index in [1.54, 1.807) is 0 Å². The van der Waals surface area contributed by atoms with E-state index in [2.05, 4.69) is 100 Å². The Hall–Kier alpha value is -4.32. The van der Waals surface area contributed by atoms with E-state index < -0.39 is 53.4 Å². The fourth-order valence-corrected chi connectivity index (χ4v) is 25.5. The number of hydrogen-bond acceptors (Lipinski definition) is 20. The number of nitrogens with zero attached hydrogens (tertiary/aromatic N) is 4. The summed E-state index contributed by atoms with van der Waals surface area (Å²) in [6.45, 7) is 8.48. The van der Waals surface area contributed by atoms with Crippen molar-refractivity contribution in [2.24, 2.45) is 22.9 Å². The van der Waals surface area contributed by atoms with Gasteiger partial charge in [0.1, 0.15) is 0 Å². The van der Waals surface area contributed by atoms with Crippen LogP contribution < -0.4 is 22.9 Å². The summed E-state index contributed by atoms with van der Waals surface area (Å²) in [7, 11) is -18.0. The molecule has 8 aliphatic rings. The van der Waals surface area contributed by atoms with Gasteiger partial charge in [-0.1, -0.05) is 152 Å². The van der Waals surface area contributed by atoms with Crippen LogP contribution >= 0.6 is 76.6 Å². The number of aryl methyl sites for hydroxylation is 12. The van der Waals surface area contributed by atoms with Crippen molar-refractivity contribution < 1.29 is 75.5 Å². The van der Waals surface area contributed by atoms with Crippen LogP contribution in [0.2, 0.25) is 0 Å². The lowest BCUT2D eigenvalue weighted by molar-refractivity contribution is 0.152. The monoisotopic (exact) mass is 1800 g/mol. The fraction of sp³-hybridized carbons (Fsp3) is 0.591. The number of aromatic nitrogens is 4. The summed E-state index contributed by atoms with van der Waals surface area (Å²) in [4.78, 5) is 96.8. The first-order valence-corrected chi connectivity index (χ1v) is 52.9. The molecule has 0 spiro atoms. The second kappa shape index (κ2) is 40.3. The first kappa shape index (κ1) is 93.3. The van der Waals surface area contributed by atoms with E-state index >= 15 is 0 Å². The van der Waals surface area contributed by atoms with Gasteiger partial charge in [-0.3, -0.25) is 18.1 Å². The molecule has 16 N–H and O–H groups in total. The highest BCUT2D eigenvalue weighted by Crippen LogP contribution is 2.52. The number of hydrogen-bond donors (Lipinski definition) is 12. The van der Waals surface area contributed by atoms with Gasteiger partial charge in [-0.25, -0.2) is 38.2 Å². The van der Waals surface area contributed by atoms with Gasteiger partial charge in [0.2, 0.25) is 0 Å². The topological polar surface area (TPSA) is 423 Å². The highest BCUT2D eigenvalue weighted by Gasteiger charge is 2.44. The van der Waals surface area contributed by atoms with Gasteiger partial charge in [-0.05, 0) is 270 Å². The maximum atomic E-state index is 11.0. The molecule has 0 amide bonds. The molecule has 120 heavy (non-hydrogen) atoms. The van der Waals surface area contributed by atoms with Crippen LogP contribution in [0.25, 0.3) is 41.8 Å². The van der Waals surface area contributed by atoms with E-state index in [4.69, 9.17) is 100 Å². The first-order chi connectivity index (χ1) is 57.0. The zero-order valence-electron chi connectivity index (χ0n) is 69.9. The number of phosphoric ester groups is 4. The maximum Gasteiger partial charge on any atom is 0.469 e. The lowest BCUT2D eigenvalue weighted by Gasteiger charge is -2.24. The molecule has 0 aliphatic heterocycles. The third-order valence-electron chi connectivity index (χ3n) is 25.5.